The highest BCUT2D eigenvalue weighted by molar-refractivity contribution is 5.72. The molecule has 1 aromatic heterocycles. The first-order valence-electron chi connectivity index (χ1n) is 7.53. The molecule has 0 spiro atoms. The molecule has 0 bridgehead atoms. The lowest BCUT2D eigenvalue weighted by Crippen LogP contribution is -2.36. The Morgan fingerprint density at radius 3 is 2.62 bits per heavy atom. The van der Waals surface area contributed by atoms with Gasteiger partial charge in [0, 0.05) is 12.3 Å². The Kier molecular flexibility index (Phi) is 4.68. The fourth-order valence-corrected chi connectivity index (χ4v) is 2.81. The van der Waals surface area contributed by atoms with E-state index in [0.29, 0.717) is 4.57 Å². The highest BCUT2D eigenvalue weighted by Gasteiger charge is 2.45. The van der Waals surface area contributed by atoms with Crippen LogP contribution in [0, 0.1) is 10.1 Å². The van der Waals surface area contributed by atoms with Crippen molar-refractivity contribution in [3.63, 3.8) is 0 Å². The van der Waals surface area contributed by atoms with Crippen LogP contribution in [0.3, 0.4) is 0 Å². The zero-order valence-electron chi connectivity index (χ0n) is 13.1. The maximum atomic E-state index is 14.3. The molecule has 1 aliphatic rings. The van der Waals surface area contributed by atoms with E-state index in [-0.39, 0.29) is 16.8 Å². The average molecular weight is 367 g/mol. The molecule has 3 rings (SSSR count). The molecule has 2 aromatic rings. The van der Waals surface area contributed by atoms with E-state index in [2.05, 4.69) is 0 Å². The highest BCUT2D eigenvalue weighted by Crippen LogP contribution is 2.32. The first kappa shape index (κ1) is 17.9. The van der Waals surface area contributed by atoms with E-state index >= 15 is 0 Å². The fraction of sp³-hybridized carbons (Fsp3) is 0.333. The number of aromatic amines is 1. The number of rotatable bonds is 4. The summed E-state index contributed by atoms with van der Waals surface area (Å²) >= 11 is 0. The van der Waals surface area contributed by atoms with Gasteiger partial charge in [0.1, 0.15) is 12.2 Å². The normalized spacial score (nSPS) is 25.3. The molecule has 0 unspecified atom stereocenters. The summed E-state index contributed by atoms with van der Waals surface area (Å²) in [7, 11) is 0. The number of aliphatic hydroxyl groups excluding tert-OH is 2. The Bertz CT molecular complexity index is 957. The van der Waals surface area contributed by atoms with Crippen molar-refractivity contribution in [1.82, 2.24) is 9.55 Å². The van der Waals surface area contributed by atoms with E-state index in [9.17, 15) is 29.2 Å². The second kappa shape index (κ2) is 6.78. The van der Waals surface area contributed by atoms with Crippen molar-refractivity contribution >= 4 is 5.69 Å². The van der Waals surface area contributed by atoms with E-state index in [4.69, 9.17) is 9.84 Å². The number of ether oxygens (including phenoxy) is 1. The maximum absolute atomic E-state index is 14.3. The zero-order valence-corrected chi connectivity index (χ0v) is 13.1. The number of aliphatic hydroxyl groups is 2. The molecule has 10 nitrogen and oxygen atoms in total. The van der Waals surface area contributed by atoms with Gasteiger partial charge < -0.3 is 14.9 Å². The van der Waals surface area contributed by atoms with Crippen LogP contribution in [0.1, 0.15) is 6.23 Å². The Morgan fingerprint density at radius 1 is 1.31 bits per heavy atom. The van der Waals surface area contributed by atoms with Crippen molar-refractivity contribution in [3.8, 4) is 11.1 Å². The third kappa shape index (κ3) is 2.92. The van der Waals surface area contributed by atoms with Gasteiger partial charge in [-0.3, -0.25) is 24.5 Å². The molecule has 3 N–H and O–H groups in total. The van der Waals surface area contributed by atoms with E-state index in [1.807, 2.05) is 4.98 Å². The average Bonchev–Trinajstić information content (AvgIpc) is 2.90. The van der Waals surface area contributed by atoms with Crippen LogP contribution < -0.4 is 11.2 Å². The number of H-pyrrole nitrogens is 1. The second-order valence-electron chi connectivity index (χ2n) is 5.67. The number of nitrogens with one attached hydrogen (secondary N) is 1. The molecule has 0 amide bonds. The number of hydrogen-bond acceptors (Lipinski definition) is 7. The largest absolute Gasteiger partial charge is 0.394 e. The van der Waals surface area contributed by atoms with Gasteiger partial charge in [-0.25, -0.2) is 9.18 Å². The summed E-state index contributed by atoms with van der Waals surface area (Å²) in [6, 6.07) is 5.36. The molecule has 1 aromatic carbocycles. The monoisotopic (exact) mass is 367 g/mol. The van der Waals surface area contributed by atoms with Crippen LogP contribution in [0.4, 0.5) is 10.1 Å². The molecule has 11 heteroatoms. The van der Waals surface area contributed by atoms with Gasteiger partial charge in [-0.2, -0.15) is 0 Å². The number of aromatic nitrogens is 2. The van der Waals surface area contributed by atoms with Crippen molar-refractivity contribution in [2.45, 2.75) is 24.6 Å². The van der Waals surface area contributed by atoms with Gasteiger partial charge in [0.2, 0.25) is 0 Å². The van der Waals surface area contributed by atoms with Crippen LogP contribution in [0.2, 0.25) is 0 Å². The summed E-state index contributed by atoms with van der Waals surface area (Å²) in [5, 5.41) is 30.0. The van der Waals surface area contributed by atoms with Gasteiger partial charge in [-0.15, -0.1) is 0 Å². The molecule has 2 heterocycles. The number of nitrogens with zero attached hydrogens (tertiary/aromatic N) is 2. The van der Waals surface area contributed by atoms with Crippen molar-refractivity contribution in [1.29, 1.82) is 0 Å². The van der Waals surface area contributed by atoms with Crippen molar-refractivity contribution in [2.24, 2.45) is 0 Å². The Labute approximate surface area is 144 Å². The third-order valence-electron chi connectivity index (χ3n) is 4.11. The number of halogens is 1. The van der Waals surface area contributed by atoms with Gasteiger partial charge in [0.05, 0.1) is 22.7 Å². The molecule has 138 valence electrons. The lowest BCUT2D eigenvalue weighted by molar-refractivity contribution is -0.384. The number of para-hydroxylation sites is 1. The lowest BCUT2D eigenvalue weighted by atomic mass is 10.1. The Hall–Kier alpha value is -2.89. The predicted molar refractivity (Wildman–Crippen MR) is 85.3 cm³/mol. The van der Waals surface area contributed by atoms with Crippen LogP contribution in [0.15, 0.2) is 40.1 Å². The zero-order chi connectivity index (χ0) is 19.0. The summed E-state index contributed by atoms with van der Waals surface area (Å²) in [6.07, 6.45) is -5.63. The van der Waals surface area contributed by atoms with Gasteiger partial charge in [-0.1, -0.05) is 12.1 Å². The predicted octanol–water partition coefficient (Wildman–Crippen LogP) is -0.299. The Balaban J connectivity index is 2.15. The Morgan fingerprint density at radius 2 is 2.00 bits per heavy atom. The van der Waals surface area contributed by atoms with Crippen molar-refractivity contribution < 1.29 is 24.3 Å². The van der Waals surface area contributed by atoms with Crippen LogP contribution in [-0.2, 0) is 4.74 Å². The van der Waals surface area contributed by atoms with Gasteiger partial charge in [-0.05, 0) is 6.07 Å². The second-order valence-corrected chi connectivity index (χ2v) is 5.67. The molecule has 0 aliphatic carbocycles. The molecular weight excluding hydrogens is 353 g/mol. The minimum absolute atomic E-state index is 0.0693. The number of nitro groups is 1. The van der Waals surface area contributed by atoms with Gasteiger partial charge in [0.15, 0.2) is 12.4 Å². The molecular formula is C15H14FN3O7. The molecule has 1 saturated heterocycles. The molecule has 4 atom stereocenters. The summed E-state index contributed by atoms with van der Waals surface area (Å²) < 4.78 is 20.1. The van der Waals surface area contributed by atoms with Crippen LogP contribution in [0.25, 0.3) is 11.1 Å². The van der Waals surface area contributed by atoms with Crippen molar-refractivity contribution in [3.05, 3.63) is 61.4 Å². The molecule has 1 fully saturated rings. The number of alkyl halides is 1. The lowest BCUT2D eigenvalue weighted by Gasteiger charge is -2.16. The number of benzene rings is 1. The van der Waals surface area contributed by atoms with Crippen LogP contribution in [-0.4, -0.2) is 49.7 Å². The van der Waals surface area contributed by atoms with E-state index in [1.54, 1.807) is 0 Å². The molecule has 0 saturated carbocycles. The van der Waals surface area contributed by atoms with Gasteiger partial charge >= 0.3 is 5.69 Å². The minimum atomic E-state index is -2.05. The first-order valence-corrected chi connectivity index (χ1v) is 7.53. The van der Waals surface area contributed by atoms with E-state index in [1.165, 1.54) is 24.3 Å². The summed E-state index contributed by atoms with van der Waals surface area (Å²) in [5.41, 5.74) is -2.60. The number of nitro benzene ring substituents is 1. The standard InChI is InChI=1S/C15H14FN3O7/c16-11-12(21)10(6-20)26-14(11)18-5-8(13(22)17-15(18)23)7-3-1-2-4-9(7)19(24)25/h1-5,10-12,14,20-21H,6H2,(H,17,22,23)/t10-,11+,12-,14-/m1/s1. The van der Waals surface area contributed by atoms with Crippen LogP contribution in [0.5, 0.6) is 0 Å². The highest BCUT2D eigenvalue weighted by atomic mass is 19.1. The minimum Gasteiger partial charge on any atom is -0.394 e. The SMILES string of the molecule is O=c1[nH]c(=O)n([C@@H]2O[C@H](CO)[C@@H](O)[C@@H]2F)cc1-c1ccccc1[N+](=O)[O-]. The number of hydrogen-bond donors (Lipinski definition) is 3. The van der Waals surface area contributed by atoms with Gasteiger partial charge in [0.25, 0.3) is 11.2 Å². The summed E-state index contributed by atoms with van der Waals surface area (Å²) in [4.78, 5) is 36.6. The maximum Gasteiger partial charge on any atom is 0.330 e. The topological polar surface area (TPSA) is 148 Å². The fourth-order valence-electron chi connectivity index (χ4n) is 2.81. The molecule has 1 aliphatic heterocycles. The van der Waals surface area contributed by atoms with E-state index in [0.717, 1.165) is 6.20 Å². The molecule has 0 radical (unpaired) electrons. The third-order valence-corrected chi connectivity index (χ3v) is 4.11. The summed E-state index contributed by atoms with van der Waals surface area (Å²) in [6.45, 7) is -0.673. The summed E-state index contributed by atoms with van der Waals surface area (Å²) in [5.74, 6) is 0. The van der Waals surface area contributed by atoms with Crippen LogP contribution >= 0.6 is 0 Å². The smallest absolute Gasteiger partial charge is 0.330 e. The van der Waals surface area contributed by atoms with E-state index < -0.39 is 47.4 Å². The molecule has 26 heavy (non-hydrogen) atoms. The van der Waals surface area contributed by atoms with Crippen molar-refractivity contribution in [2.75, 3.05) is 6.61 Å². The first-order chi connectivity index (χ1) is 12.3. The quantitative estimate of drug-likeness (QED) is 0.496.